The zero-order valence-corrected chi connectivity index (χ0v) is 12.9. The van der Waals surface area contributed by atoms with E-state index >= 15 is 0 Å². The molecule has 4 heteroatoms. The zero-order valence-electron chi connectivity index (χ0n) is 12.9. The van der Waals surface area contributed by atoms with Crippen molar-refractivity contribution in [2.24, 2.45) is 0 Å². The van der Waals surface area contributed by atoms with E-state index in [0.29, 0.717) is 12.2 Å². The molecule has 3 nitrogen and oxygen atoms in total. The molecule has 0 unspecified atom stereocenters. The Morgan fingerprint density at radius 3 is 2.67 bits per heavy atom. The standard InChI is InChI=1S/C17H23FN2O/c1-4-19-11-14-10-15(21-13(14)3)12-20(5-2)17-9-7-6-8-16(17)18/h6-10,19H,4-5,11-12H2,1-3H3. The molecule has 0 radical (unpaired) electrons. The molecule has 2 aromatic rings. The molecule has 114 valence electrons. The number of aryl methyl sites for hydroxylation is 1. The fraction of sp³-hybridized carbons (Fsp3) is 0.412. The van der Waals surface area contributed by atoms with Gasteiger partial charge in [-0.05, 0) is 38.6 Å². The molecule has 21 heavy (non-hydrogen) atoms. The van der Waals surface area contributed by atoms with E-state index in [1.165, 1.54) is 6.07 Å². The van der Waals surface area contributed by atoms with Gasteiger partial charge in [0.05, 0.1) is 12.2 Å². The minimum atomic E-state index is -0.199. The molecular formula is C17H23FN2O. The van der Waals surface area contributed by atoms with Crippen molar-refractivity contribution in [3.63, 3.8) is 0 Å². The highest BCUT2D eigenvalue weighted by Crippen LogP contribution is 2.23. The van der Waals surface area contributed by atoms with E-state index in [1.54, 1.807) is 12.1 Å². The van der Waals surface area contributed by atoms with Crippen LogP contribution in [0.4, 0.5) is 10.1 Å². The molecule has 0 amide bonds. The van der Waals surface area contributed by atoms with E-state index in [2.05, 4.69) is 18.3 Å². The van der Waals surface area contributed by atoms with E-state index in [-0.39, 0.29) is 5.82 Å². The van der Waals surface area contributed by atoms with Gasteiger partial charge < -0.3 is 14.6 Å². The number of hydrogen-bond donors (Lipinski definition) is 1. The van der Waals surface area contributed by atoms with Crippen LogP contribution < -0.4 is 10.2 Å². The lowest BCUT2D eigenvalue weighted by Gasteiger charge is -2.22. The van der Waals surface area contributed by atoms with Crippen molar-refractivity contribution in [3.05, 3.63) is 53.2 Å². The second-order valence-corrected chi connectivity index (χ2v) is 5.04. The minimum absolute atomic E-state index is 0.199. The molecule has 2 rings (SSSR count). The maximum absolute atomic E-state index is 13.9. The Hall–Kier alpha value is -1.81. The number of nitrogens with one attached hydrogen (secondary N) is 1. The molecule has 0 spiro atoms. The molecule has 1 aromatic carbocycles. The minimum Gasteiger partial charge on any atom is -0.464 e. The van der Waals surface area contributed by atoms with E-state index in [4.69, 9.17) is 4.42 Å². The maximum atomic E-state index is 13.9. The Morgan fingerprint density at radius 2 is 2.00 bits per heavy atom. The summed E-state index contributed by atoms with van der Waals surface area (Å²) in [5.74, 6) is 1.59. The van der Waals surface area contributed by atoms with Crippen LogP contribution in [-0.2, 0) is 13.1 Å². The summed E-state index contributed by atoms with van der Waals surface area (Å²) < 4.78 is 19.7. The number of hydrogen-bond acceptors (Lipinski definition) is 3. The lowest BCUT2D eigenvalue weighted by Crippen LogP contribution is -2.22. The molecule has 0 aliphatic heterocycles. The van der Waals surface area contributed by atoms with Crippen molar-refractivity contribution in [1.82, 2.24) is 5.32 Å². The number of benzene rings is 1. The quantitative estimate of drug-likeness (QED) is 0.839. The molecule has 0 aliphatic rings. The first-order chi connectivity index (χ1) is 10.2. The molecular weight excluding hydrogens is 267 g/mol. The highest BCUT2D eigenvalue weighted by molar-refractivity contribution is 5.47. The molecule has 0 aliphatic carbocycles. The molecule has 0 saturated carbocycles. The van der Waals surface area contributed by atoms with Crippen molar-refractivity contribution in [2.45, 2.75) is 33.9 Å². The van der Waals surface area contributed by atoms with Gasteiger partial charge in [-0.1, -0.05) is 19.1 Å². The van der Waals surface area contributed by atoms with Crippen LogP contribution in [0.15, 0.2) is 34.7 Å². The van der Waals surface area contributed by atoms with E-state index in [1.807, 2.05) is 24.8 Å². The first-order valence-electron chi connectivity index (χ1n) is 7.44. The fourth-order valence-electron chi connectivity index (χ4n) is 2.36. The number of nitrogens with zero attached hydrogens (tertiary/aromatic N) is 1. The fourth-order valence-corrected chi connectivity index (χ4v) is 2.36. The molecule has 0 atom stereocenters. The number of anilines is 1. The monoisotopic (exact) mass is 290 g/mol. The summed E-state index contributed by atoms with van der Waals surface area (Å²) in [7, 11) is 0. The molecule has 0 saturated heterocycles. The summed E-state index contributed by atoms with van der Waals surface area (Å²) in [6.45, 7) is 9.09. The Morgan fingerprint density at radius 1 is 1.24 bits per heavy atom. The second kappa shape index (κ2) is 7.27. The summed E-state index contributed by atoms with van der Waals surface area (Å²) >= 11 is 0. The third kappa shape index (κ3) is 3.85. The summed E-state index contributed by atoms with van der Waals surface area (Å²) in [4.78, 5) is 1.98. The van der Waals surface area contributed by atoms with Crippen LogP contribution in [0.25, 0.3) is 0 Å². The van der Waals surface area contributed by atoms with Gasteiger partial charge in [-0.3, -0.25) is 0 Å². The van der Waals surface area contributed by atoms with Crippen molar-refractivity contribution in [3.8, 4) is 0 Å². The Labute approximate surface area is 125 Å². The van der Waals surface area contributed by atoms with Crippen LogP contribution in [0.1, 0.15) is 30.9 Å². The van der Waals surface area contributed by atoms with E-state index in [0.717, 1.165) is 36.7 Å². The van der Waals surface area contributed by atoms with Gasteiger partial charge in [-0.25, -0.2) is 4.39 Å². The third-order valence-electron chi connectivity index (χ3n) is 3.56. The van der Waals surface area contributed by atoms with Crippen LogP contribution in [0, 0.1) is 12.7 Å². The van der Waals surface area contributed by atoms with E-state index < -0.39 is 0 Å². The largest absolute Gasteiger partial charge is 0.464 e. The summed E-state index contributed by atoms with van der Waals surface area (Å²) in [5, 5.41) is 3.29. The lowest BCUT2D eigenvalue weighted by atomic mass is 10.2. The highest BCUT2D eigenvalue weighted by Gasteiger charge is 2.13. The van der Waals surface area contributed by atoms with Gasteiger partial charge in [0.1, 0.15) is 17.3 Å². The van der Waals surface area contributed by atoms with Crippen LogP contribution in [-0.4, -0.2) is 13.1 Å². The summed E-state index contributed by atoms with van der Waals surface area (Å²) in [5.41, 5.74) is 1.78. The molecule has 0 fully saturated rings. The van der Waals surface area contributed by atoms with Gasteiger partial charge >= 0.3 is 0 Å². The smallest absolute Gasteiger partial charge is 0.146 e. The number of furan rings is 1. The summed E-state index contributed by atoms with van der Waals surface area (Å²) in [6.07, 6.45) is 0. The Kier molecular flexibility index (Phi) is 5.39. The van der Waals surface area contributed by atoms with Crippen molar-refractivity contribution >= 4 is 5.69 Å². The molecule has 1 aromatic heterocycles. The topological polar surface area (TPSA) is 28.4 Å². The average molecular weight is 290 g/mol. The number of rotatable bonds is 7. The van der Waals surface area contributed by atoms with Crippen LogP contribution in [0.3, 0.4) is 0 Å². The normalized spacial score (nSPS) is 10.9. The zero-order chi connectivity index (χ0) is 15.2. The van der Waals surface area contributed by atoms with Gasteiger partial charge in [0.25, 0.3) is 0 Å². The van der Waals surface area contributed by atoms with Crippen LogP contribution in [0.2, 0.25) is 0 Å². The molecule has 1 N–H and O–H groups in total. The van der Waals surface area contributed by atoms with Gasteiger partial charge in [-0.15, -0.1) is 0 Å². The SMILES string of the molecule is CCNCc1cc(CN(CC)c2ccccc2F)oc1C. The molecule has 0 bridgehead atoms. The third-order valence-corrected chi connectivity index (χ3v) is 3.56. The van der Waals surface area contributed by atoms with Gasteiger partial charge in [0, 0.05) is 18.7 Å². The van der Waals surface area contributed by atoms with Gasteiger partial charge in [-0.2, -0.15) is 0 Å². The lowest BCUT2D eigenvalue weighted by molar-refractivity contribution is 0.473. The predicted octanol–water partition coefficient (Wildman–Crippen LogP) is 3.86. The number of halogens is 1. The Bertz CT molecular complexity index is 580. The summed E-state index contributed by atoms with van der Waals surface area (Å²) in [6, 6.07) is 8.90. The van der Waals surface area contributed by atoms with Crippen LogP contribution in [0.5, 0.6) is 0 Å². The van der Waals surface area contributed by atoms with Crippen molar-refractivity contribution in [2.75, 3.05) is 18.0 Å². The van der Waals surface area contributed by atoms with Gasteiger partial charge in [0.15, 0.2) is 0 Å². The van der Waals surface area contributed by atoms with Crippen molar-refractivity contribution in [1.29, 1.82) is 0 Å². The highest BCUT2D eigenvalue weighted by atomic mass is 19.1. The predicted molar refractivity (Wildman–Crippen MR) is 83.9 cm³/mol. The van der Waals surface area contributed by atoms with Crippen LogP contribution >= 0.6 is 0 Å². The van der Waals surface area contributed by atoms with Crippen molar-refractivity contribution < 1.29 is 8.81 Å². The van der Waals surface area contributed by atoms with Gasteiger partial charge in [0.2, 0.25) is 0 Å². The first kappa shape index (κ1) is 15.6. The average Bonchev–Trinajstić information content (AvgIpc) is 2.83. The Balaban J connectivity index is 2.14. The number of para-hydroxylation sites is 1. The molecule has 1 heterocycles. The first-order valence-corrected chi connectivity index (χ1v) is 7.44. The van der Waals surface area contributed by atoms with E-state index in [9.17, 15) is 4.39 Å². The second-order valence-electron chi connectivity index (χ2n) is 5.04. The maximum Gasteiger partial charge on any atom is 0.146 e.